The summed E-state index contributed by atoms with van der Waals surface area (Å²) in [5, 5.41) is 11.0. The molecule has 1 aliphatic rings. The molecule has 1 aromatic heterocycles. The molecule has 0 unspecified atom stereocenters. The number of rotatable bonds is 22. The maximum absolute atomic E-state index is 12.9. The van der Waals surface area contributed by atoms with Crippen LogP contribution in [0, 0.1) is 5.82 Å². The Labute approximate surface area is 307 Å². The van der Waals surface area contributed by atoms with Crippen LogP contribution in [0.25, 0.3) is 11.4 Å². The molecule has 4 rings (SSSR count). The van der Waals surface area contributed by atoms with Crippen molar-refractivity contribution in [2.75, 3.05) is 19.6 Å². The number of hydrogen-bond acceptors (Lipinski definition) is 6. The highest BCUT2D eigenvalue weighted by Crippen LogP contribution is 2.24. The van der Waals surface area contributed by atoms with Crippen LogP contribution in [0.5, 0.6) is 5.75 Å². The predicted molar refractivity (Wildman–Crippen MR) is 199 cm³/mol. The number of piperidine rings is 1. The molecule has 1 aliphatic heterocycles. The van der Waals surface area contributed by atoms with E-state index < -0.39 is 18.6 Å². The van der Waals surface area contributed by atoms with Gasteiger partial charge in [-0.2, -0.15) is 13.2 Å². The molecule has 0 radical (unpaired) electrons. The molecule has 7 nitrogen and oxygen atoms in total. The molecule has 0 spiro atoms. The van der Waals surface area contributed by atoms with Crippen molar-refractivity contribution in [3.05, 3.63) is 77.9 Å². The minimum Gasteiger partial charge on any atom is -0.490 e. The lowest BCUT2D eigenvalue weighted by atomic mass is 10.0. The third-order valence-corrected chi connectivity index (χ3v) is 9.19. The number of ether oxygens (including phenoxy) is 1. The van der Waals surface area contributed by atoms with Crippen LogP contribution in [-0.2, 0) is 6.42 Å². The quantitative estimate of drug-likeness (QED) is 0.0786. The van der Waals surface area contributed by atoms with Gasteiger partial charge in [0.1, 0.15) is 17.7 Å². The molecular formula is C41H58F4N4O3. The van der Waals surface area contributed by atoms with Gasteiger partial charge in [-0.25, -0.2) is 24.2 Å². The number of carboxylic acids is 1. The van der Waals surface area contributed by atoms with E-state index in [1.165, 1.54) is 75.0 Å². The summed E-state index contributed by atoms with van der Waals surface area (Å²) in [7, 11) is 0. The number of carbonyl (C=O) groups is 1. The van der Waals surface area contributed by atoms with Crippen LogP contribution in [0.2, 0.25) is 0 Å². The largest absolute Gasteiger partial charge is 0.490 e. The molecule has 288 valence electrons. The Morgan fingerprint density at radius 3 is 2.04 bits per heavy atom. The molecule has 0 bridgehead atoms. The summed E-state index contributed by atoms with van der Waals surface area (Å²) in [5.41, 5.74) is 5.44. The smallest absolute Gasteiger partial charge is 0.389 e. The number of nitrogens with zero attached hydrogens (tertiary/aromatic N) is 3. The number of aryl methyl sites for hydroxylation is 1. The fourth-order valence-corrected chi connectivity index (χ4v) is 6.13. The summed E-state index contributed by atoms with van der Waals surface area (Å²) in [4.78, 5) is 18.3. The number of nitrogens with one attached hydrogen (secondary N) is 1. The average molecular weight is 731 g/mol. The predicted octanol–water partition coefficient (Wildman–Crippen LogP) is 11.0. The standard InChI is InChI=1S/C30H51F3N2O.C11H7FN2O2/c1-2-3-4-5-9-12-15-24-34-35-25-21-29(22-26-35)36-28-19-17-27(18-20-28)16-13-10-7-6-8-11-14-23-30(31,32)33;12-9-3-1-2-7(4-9)10-13-5-8(6-14-10)11(15)16/h17-20,29,34H,2-16,21-26H2,1H3;1-6H,(H,15,16). The maximum atomic E-state index is 12.9. The third kappa shape index (κ3) is 18.8. The van der Waals surface area contributed by atoms with E-state index in [0.717, 1.165) is 76.8 Å². The van der Waals surface area contributed by atoms with E-state index >= 15 is 0 Å². The average Bonchev–Trinajstić information content (AvgIpc) is 3.13. The second-order valence-electron chi connectivity index (χ2n) is 13.7. The lowest BCUT2D eigenvalue weighted by Crippen LogP contribution is -2.46. The lowest BCUT2D eigenvalue weighted by molar-refractivity contribution is -0.135. The number of alkyl halides is 3. The van der Waals surface area contributed by atoms with E-state index in [0.29, 0.717) is 23.9 Å². The van der Waals surface area contributed by atoms with Crippen LogP contribution in [0.4, 0.5) is 17.6 Å². The molecule has 3 aromatic rings. The first kappa shape index (κ1) is 42.8. The molecular weight excluding hydrogens is 672 g/mol. The topological polar surface area (TPSA) is 87.6 Å². The molecule has 1 fully saturated rings. The summed E-state index contributed by atoms with van der Waals surface area (Å²) in [6.07, 6.45) is 16.9. The molecule has 0 aliphatic carbocycles. The molecule has 0 atom stereocenters. The second kappa shape index (κ2) is 24.6. The highest BCUT2D eigenvalue weighted by Gasteiger charge is 2.25. The van der Waals surface area contributed by atoms with Crippen molar-refractivity contribution in [2.45, 2.75) is 135 Å². The first-order chi connectivity index (χ1) is 25.1. The van der Waals surface area contributed by atoms with Gasteiger partial charge >= 0.3 is 12.1 Å². The van der Waals surface area contributed by atoms with Crippen molar-refractivity contribution in [3.8, 4) is 17.1 Å². The van der Waals surface area contributed by atoms with Crippen molar-refractivity contribution in [2.24, 2.45) is 0 Å². The Morgan fingerprint density at radius 1 is 0.846 bits per heavy atom. The van der Waals surface area contributed by atoms with Gasteiger partial charge in [0, 0.05) is 44.0 Å². The van der Waals surface area contributed by atoms with E-state index in [2.05, 4.69) is 51.6 Å². The Morgan fingerprint density at radius 2 is 1.44 bits per heavy atom. The number of benzene rings is 2. The first-order valence-electron chi connectivity index (χ1n) is 19.2. The van der Waals surface area contributed by atoms with E-state index in [1.807, 2.05) is 0 Å². The molecule has 11 heteroatoms. The SMILES string of the molecule is CCCCCCCCCNN1CCC(Oc2ccc(CCCCCCCCCC(F)(F)F)cc2)CC1.O=C(O)c1cnc(-c2cccc(F)c2)nc1. The van der Waals surface area contributed by atoms with E-state index in [-0.39, 0.29) is 17.8 Å². The van der Waals surface area contributed by atoms with Crippen LogP contribution in [0.1, 0.15) is 132 Å². The van der Waals surface area contributed by atoms with Crippen molar-refractivity contribution < 1.29 is 32.2 Å². The van der Waals surface area contributed by atoms with Gasteiger partial charge < -0.3 is 9.84 Å². The molecule has 52 heavy (non-hydrogen) atoms. The van der Waals surface area contributed by atoms with Gasteiger partial charge in [0.2, 0.25) is 0 Å². The maximum Gasteiger partial charge on any atom is 0.389 e. The van der Waals surface area contributed by atoms with Crippen LogP contribution >= 0.6 is 0 Å². The molecule has 2 aromatic carbocycles. The first-order valence-corrected chi connectivity index (χ1v) is 19.2. The van der Waals surface area contributed by atoms with E-state index in [1.54, 1.807) is 12.1 Å². The van der Waals surface area contributed by atoms with Gasteiger partial charge in [-0.05, 0) is 68.4 Å². The van der Waals surface area contributed by atoms with Crippen LogP contribution in [0.3, 0.4) is 0 Å². The minimum absolute atomic E-state index is 0.000142. The molecule has 1 saturated heterocycles. The Kier molecular flexibility index (Phi) is 20.3. The van der Waals surface area contributed by atoms with Crippen molar-refractivity contribution >= 4 is 5.97 Å². The van der Waals surface area contributed by atoms with Gasteiger partial charge in [0.05, 0.1) is 5.56 Å². The third-order valence-electron chi connectivity index (χ3n) is 9.19. The van der Waals surface area contributed by atoms with Gasteiger partial charge in [-0.3, -0.25) is 5.43 Å². The molecule has 2 N–H and O–H groups in total. The number of hydrogen-bond donors (Lipinski definition) is 2. The number of halogens is 4. The highest BCUT2D eigenvalue weighted by atomic mass is 19.4. The number of unbranched alkanes of at least 4 members (excludes halogenated alkanes) is 12. The number of carboxylic acid groups (broad SMARTS) is 1. The zero-order valence-electron chi connectivity index (χ0n) is 30.8. The van der Waals surface area contributed by atoms with Crippen LogP contribution < -0.4 is 10.2 Å². The van der Waals surface area contributed by atoms with Crippen LogP contribution in [-0.4, -0.2) is 58.0 Å². The van der Waals surface area contributed by atoms with E-state index in [9.17, 15) is 22.4 Å². The van der Waals surface area contributed by atoms with E-state index in [4.69, 9.17) is 9.84 Å². The second-order valence-corrected chi connectivity index (χ2v) is 13.7. The van der Waals surface area contributed by atoms with Gasteiger partial charge in [0.25, 0.3) is 0 Å². The number of aromatic carboxylic acids is 1. The Bertz CT molecular complexity index is 1380. The summed E-state index contributed by atoms with van der Waals surface area (Å²) in [5.74, 6) is -0.217. The van der Waals surface area contributed by atoms with Gasteiger partial charge in [0.15, 0.2) is 5.82 Å². The summed E-state index contributed by atoms with van der Waals surface area (Å²) >= 11 is 0. The summed E-state index contributed by atoms with van der Waals surface area (Å²) in [6, 6.07) is 14.3. The fourth-order valence-electron chi connectivity index (χ4n) is 6.13. The number of aromatic nitrogens is 2. The number of hydrazine groups is 1. The minimum atomic E-state index is -4.00. The van der Waals surface area contributed by atoms with Crippen molar-refractivity contribution in [1.82, 2.24) is 20.4 Å². The molecule has 0 amide bonds. The van der Waals surface area contributed by atoms with Crippen molar-refractivity contribution in [3.63, 3.8) is 0 Å². The highest BCUT2D eigenvalue weighted by molar-refractivity contribution is 5.86. The zero-order chi connectivity index (χ0) is 37.4. The normalized spacial score (nSPS) is 13.8. The lowest BCUT2D eigenvalue weighted by Gasteiger charge is -2.32. The Balaban J connectivity index is 0.000000376. The van der Waals surface area contributed by atoms with Crippen molar-refractivity contribution in [1.29, 1.82) is 0 Å². The summed E-state index contributed by atoms with van der Waals surface area (Å²) in [6.45, 7) is 5.44. The molecule has 2 heterocycles. The monoisotopic (exact) mass is 730 g/mol. The van der Waals surface area contributed by atoms with Gasteiger partial charge in [-0.1, -0.05) is 102 Å². The van der Waals surface area contributed by atoms with Crippen LogP contribution in [0.15, 0.2) is 60.9 Å². The Hall–Kier alpha value is -3.57. The zero-order valence-corrected chi connectivity index (χ0v) is 30.8. The summed E-state index contributed by atoms with van der Waals surface area (Å²) < 4.78 is 55.5. The van der Waals surface area contributed by atoms with Gasteiger partial charge in [-0.15, -0.1) is 0 Å². The fraction of sp³-hybridized carbons (Fsp3) is 0.585. The molecule has 0 saturated carbocycles.